The Morgan fingerprint density at radius 1 is 1.00 bits per heavy atom. The summed E-state index contributed by atoms with van der Waals surface area (Å²) in [6.45, 7) is 7.93. The fourth-order valence-electron chi connectivity index (χ4n) is 1.19. The van der Waals surface area contributed by atoms with Gasteiger partial charge in [-0.1, -0.05) is 32.3 Å². The maximum absolute atomic E-state index is 5.33. The number of rotatable bonds is 11. The third-order valence-electron chi connectivity index (χ3n) is 2.07. The van der Waals surface area contributed by atoms with E-state index < -0.39 is 0 Å². The molecule has 17 heavy (non-hydrogen) atoms. The third kappa shape index (κ3) is 22.4. The molecular weight excluding hydrogens is 248 g/mol. The molecule has 0 spiro atoms. The van der Waals surface area contributed by atoms with Gasteiger partial charge in [-0.15, -0.1) is 6.08 Å². The second kappa shape index (κ2) is 21.9. The maximum Gasteiger partial charge on any atom is 2.00 e. The van der Waals surface area contributed by atoms with Crippen LogP contribution in [-0.2, 0) is 9.47 Å². The molecule has 0 radical (unpaired) electrons. The first-order valence-corrected chi connectivity index (χ1v) is 6.01. The van der Waals surface area contributed by atoms with Crippen LogP contribution in [-0.4, -0.2) is 43.1 Å². The van der Waals surface area contributed by atoms with Crippen molar-refractivity contribution in [3.05, 3.63) is 19.1 Å². The quantitative estimate of drug-likeness (QED) is 0.178. The minimum Gasteiger partial charge on any atom is -1.00 e. The largest absolute Gasteiger partial charge is 2.00 e. The summed E-state index contributed by atoms with van der Waals surface area (Å²) in [7, 11) is 0. The first kappa shape index (κ1) is 22.9. The molecule has 0 atom stereocenters. The molecule has 2 nitrogen and oxygen atoms in total. The van der Waals surface area contributed by atoms with Crippen molar-refractivity contribution >= 4 is 23.1 Å². The molecule has 0 saturated heterocycles. The molecule has 0 saturated carbocycles. The van der Waals surface area contributed by atoms with E-state index in [4.69, 9.17) is 9.47 Å². The smallest absolute Gasteiger partial charge is 1.00 e. The molecule has 0 amide bonds. The fourth-order valence-corrected chi connectivity index (χ4v) is 1.19. The van der Waals surface area contributed by atoms with E-state index in [0.717, 1.165) is 32.5 Å². The van der Waals surface area contributed by atoms with Crippen molar-refractivity contribution in [2.24, 2.45) is 0 Å². The molecule has 98 valence electrons. The standard InChI is InChI=1S/C13H25O2.ClH.Mg/c1-3-5-7-9-11-14-13-15-12-10-8-6-4-2;;/h5,7H,1,3-4,6,8-13H2,2H3;1H;/q-1;;+2/p-1/b7-5-;;. The van der Waals surface area contributed by atoms with Gasteiger partial charge in [0.1, 0.15) is 6.79 Å². The van der Waals surface area contributed by atoms with Gasteiger partial charge in [0.15, 0.2) is 0 Å². The van der Waals surface area contributed by atoms with Gasteiger partial charge in [-0.3, -0.25) is 0 Å². The Kier molecular flexibility index (Phi) is 29.5. The fraction of sp³-hybridized carbons (Fsp3) is 0.769. The van der Waals surface area contributed by atoms with Crippen LogP contribution in [0.5, 0.6) is 0 Å². The van der Waals surface area contributed by atoms with E-state index in [-0.39, 0.29) is 35.5 Å². The summed E-state index contributed by atoms with van der Waals surface area (Å²) in [6, 6.07) is 0. The van der Waals surface area contributed by atoms with E-state index in [0.29, 0.717) is 6.79 Å². The molecule has 0 fully saturated rings. The zero-order chi connectivity index (χ0) is 11.2. The summed E-state index contributed by atoms with van der Waals surface area (Å²) in [5.74, 6) is 0. The molecule has 0 N–H and O–H groups in total. The molecule has 0 heterocycles. The average molecular weight is 273 g/mol. The van der Waals surface area contributed by atoms with Gasteiger partial charge in [-0.25, -0.2) is 0 Å². The minimum atomic E-state index is 0. The molecule has 0 aromatic heterocycles. The Balaban J connectivity index is -0.000000980. The summed E-state index contributed by atoms with van der Waals surface area (Å²) >= 11 is 0. The first-order chi connectivity index (χ1) is 7.41. The zero-order valence-electron chi connectivity index (χ0n) is 11.1. The van der Waals surface area contributed by atoms with Crippen molar-refractivity contribution in [3.63, 3.8) is 0 Å². The van der Waals surface area contributed by atoms with Crippen LogP contribution in [0.2, 0.25) is 0 Å². The topological polar surface area (TPSA) is 18.5 Å². The maximum atomic E-state index is 5.33. The summed E-state index contributed by atoms with van der Waals surface area (Å²) in [5.41, 5.74) is 0. The number of hydrogen-bond acceptors (Lipinski definition) is 2. The minimum absolute atomic E-state index is 0. The molecule has 0 aromatic carbocycles. The summed E-state index contributed by atoms with van der Waals surface area (Å²) < 4.78 is 10.6. The normalized spacial score (nSPS) is 10.0. The van der Waals surface area contributed by atoms with Gasteiger partial charge >= 0.3 is 23.1 Å². The van der Waals surface area contributed by atoms with E-state index in [1.165, 1.54) is 19.3 Å². The molecule has 0 unspecified atom stereocenters. The van der Waals surface area contributed by atoms with Crippen molar-refractivity contribution in [1.29, 1.82) is 0 Å². The van der Waals surface area contributed by atoms with Crippen molar-refractivity contribution in [3.8, 4) is 0 Å². The Morgan fingerprint density at radius 2 is 1.71 bits per heavy atom. The van der Waals surface area contributed by atoms with Crippen LogP contribution in [0.3, 0.4) is 0 Å². The van der Waals surface area contributed by atoms with Crippen molar-refractivity contribution in [1.82, 2.24) is 0 Å². The number of allylic oxidation sites excluding steroid dienone is 1. The summed E-state index contributed by atoms with van der Waals surface area (Å²) in [6.07, 6.45) is 10.9. The van der Waals surface area contributed by atoms with E-state index >= 15 is 0 Å². The van der Waals surface area contributed by atoms with Crippen LogP contribution >= 0.6 is 0 Å². The SMILES string of the molecule is [CH2-]C/C=C\CCOCOCCCCCC.[Cl-].[Mg+2]. The van der Waals surface area contributed by atoms with Crippen molar-refractivity contribution in [2.45, 2.75) is 45.4 Å². The van der Waals surface area contributed by atoms with Crippen LogP contribution in [0.1, 0.15) is 45.4 Å². The van der Waals surface area contributed by atoms with Gasteiger partial charge < -0.3 is 28.8 Å². The number of hydrogen-bond donors (Lipinski definition) is 0. The van der Waals surface area contributed by atoms with Gasteiger partial charge in [0.05, 0.1) is 6.61 Å². The Morgan fingerprint density at radius 3 is 2.35 bits per heavy atom. The van der Waals surface area contributed by atoms with Gasteiger partial charge in [-0.2, -0.15) is 6.42 Å². The van der Waals surface area contributed by atoms with Crippen molar-refractivity contribution in [2.75, 3.05) is 20.0 Å². The van der Waals surface area contributed by atoms with E-state index in [1.807, 2.05) is 0 Å². The molecule has 0 aromatic rings. The van der Waals surface area contributed by atoms with Crippen molar-refractivity contribution < 1.29 is 21.9 Å². The number of unbranched alkanes of at least 4 members (excludes halogenated alkanes) is 3. The summed E-state index contributed by atoms with van der Waals surface area (Å²) in [5, 5.41) is 0. The Bertz CT molecular complexity index is 143. The van der Waals surface area contributed by atoms with Gasteiger partial charge in [0.2, 0.25) is 0 Å². The molecule has 0 aliphatic rings. The van der Waals surface area contributed by atoms with Crippen LogP contribution in [0.15, 0.2) is 12.2 Å². The Hall–Kier alpha value is 0.716. The molecule has 0 bridgehead atoms. The predicted octanol–water partition coefficient (Wildman–Crippen LogP) is 0.351. The first-order valence-electron chi connectivity index (χ1n) is 6.01. The molecule has 0 aliphatic heterocycles. The summed E-state index contributed by atoms with van der Waals surface area (Å²) in [4.78, 5) is 0. The molecule has 4 heteroatoms. The predicted molar refractivity (Wildman–Crippen MR) is 70.4 cm³/mol. The molecule has 0 rings (SSSR count). The number of ether oxygens (including phenoxy) is 2. The molecule has 0 aliphatic carbocycles. The third-order valence-corrected chi connectivity index (χ3v) is 2.07. The van der Waals surface area contributed by atoms with Crippen LogP contribution in [0, 0.1) is 6.92 Å². The zero-order valence-corrected chi connectivity index (χ0v) is 13.3. The van der Waals surface area contributed by atoms with E-state index in [2.05, 4.69) is 26.0 Å². The van der Waals surface area contributed by atoms with Crippen LogP contribution in [0.4, 0.5) is 0 Å². The average Bonchev–Trinajstić information content (AvgIpc) is 2.26. The van der Waals surface area contributed by atoms with Crippen LogP contribution < -0.4 is 12.4 Å². The van der Waals surface area contributed by atoms with Gasteiger partial charge in [-0.05, 0) is 12.8 Å². The molecular formula is C13H25ClMgO2. The van der Waals surface area contributed by atoms with Crippen LogP contribution in [0.25, 0.3) is 0 Å². The van der Waals surface area contributed by atoms with E-state index in [9.17, 15) is 0 Å². The Labute approximate surface area is 129 Å². The van der Waals surface area contributed by atoms with E-state index in [1.54, 1.807) is 0 Å². The van der Waals surface area contributed by atoms with Gasteiger partial charge in [0.25, 0.3) is 0 Å². The second-order valence-corrected chi connectivity index (χ2v) is 3.54. The monoisotopic (exact) mass is 272 g/mol. The second-order valence-electron chi connectivity index (χ2n) is 3.54. The van der Waals surface area contributed by atoms with Gasteiger partial charge in [0, 0.05) is 6.61 Å². The number of halogens is 1.